The van der Waals surface area contributed by atoms with Crippen LogP contribution in [-0.4, -0.2) is 13.1 Å². The number of rotatable bonds is 5. The molecule has 0 fully saturated rings. The molecule has 7 heteroatoms. The number of esters is 1. The van der Waals surface area contributed by atoms with Gasteiger partial charge in [-0.3, -0.25) is 4.79 Å². The van der Waals surface area contributed by atoms with Gasteiger partial charge in [-0.1, -0.05) is 12.1 Å². The van der Waals surface area contributed by atoms with Gasteiger partial charge < -0.3 is 18.3 Å². The Morgan fingerprint density at radius 1 is 1.00 bits per heavy atom. The van der Waals surface area contributed by atoms with Gasteiger partial charge in [0, 0.05) is 11.1 Å². The molecule has 0 spiro atoms. The van der Waals surface area contributed by atoms with Crippen molar-refractivity contribution in [1.29, 1.82) is 0 Å². The van der Waals surface area contributed by atoms with Gasteiger partial charge in [-0.25, -0.2) is 9.18 Å². The van der Waals surface area contributed by atoms with Gasteiger partial charge in [-0.2, -0.15) is 0 Å². The number of aryl methyl sites for hydroxylation is 3. The summed E-state index contributed by atoms with van der Waals surface area (Å²) in [6, 6.07) is 10.9. The Morgan fingerprint density at radius 2 is 1.72 bits per heavy atom. The largest absolute Gasteiger partial charge is 0.488 e. The lowest BCUT2D eigenvalue weighted by molar-refractivity contribution is 0.0563. The quantitative estimate of drug-likeness (QED) is 0.385. The maximum absolute atomic E-state index is 13.3. The molecule has 0 saturated carbocycles. The minimum atomic E-state index is -0.624. The molecule has 0 unspecified atom stereocenters. The number of carbonyl (C=O) groups excluding carboxylic acids is 1. The van der Waals surface area contributed by atoms with Crippen molar-refractivity contribution in [2.24, 2.45) is 0 Å². The molecule has 4 aromatic rings. The predicted molar refractivity (Wildman–Crippen MR) is 116 cm³/mol. The molecule has 0 atom stereocenters. The molecule has 2 aromatic carbocycles. The van der Waals surface area contributed by atoms with Gasteiger partial charge in [0.2, 0.25) is 11.2 Å². The lowest BCUT2D eigenvalue weighted by Crippen LogP contribution is -2.09. The second-order valence-electron chi connectivity index (χ2n) is 7.41. The number of hydrogen-bond donors (Lipinski definition) is 0. The Labute approximate surface area is 183 Å². The summed E-state index contributed by atoms with van der Waals surface area (Å²) in [7, 11) is 1.26. The van der Waals surface area contributed by atoms with Gasteiger partial charge in [-0.15, -0.1) is 0 Å². The highest BCUT2D eigenvalue weighted by Gasteiger charge is 2.22. The van der Waals surface area contributed by atoms with E-state index in [-0.39, 0.29) is 23.6 Å². The first kappa shape index (κ1) is 21.4. The summed E-state index contributed by atoms with van der Waals surface area (Å²) >= 11 is 0. The summed E-state index contributed by atoms with van der Waals surface area (Å²) in [5, 5.41) is 0.387. The molecule has 164 valence electrons. The summed E-state index contributed by atoms with van der Waals surface area (Å²) in [5.41, 5.74) is 2.48. The average Bonchev–Trinajstić information content (AvgIpc) is 3.15. The molecule has 0 radical (unpaired) electrons. The maximum atomic E-state index is 13.3. The molecule has 32 heavy (non-hydrogen) atoms. The second kappa shape index (κ2) is 8.34. The average molecular weight is 436 g/mol. The van der Waals surface area contributed by atoms with Crippen LogP contribution in [0.2, 0.25) is 0 Å². The van der Waals surface area contributed by atoms with Crippen molar-refractivity contribution in [2.75, 3.05) is 7.11 Å². The topological polar surface area (TPSA) is 78.9 Å². The zero-order chi connectivity index (χ0) is 23.0. The SMILES string of the molecule is COC(=O)c1cc(-c2c(C)oc3c(C)c(OCc4ccc(F)cc4)ccc3c2=O)c(C)o1. The molecule has 0 aliphatic heterocycles. The minimum absolute atomic E-state index is 0.0135. The summed E-state index contributed by atoms with van der Waals surface area (Å²) in [5.74, 6) is 0.443. The third-order valence-corrected chi connectivity index (χ3v) is 5.32. The molecule has 0 bridgehead atoms. The lowest BCUT2D eigenvalue weighted by Gasteiger charge is -2.12. The van der Waals surface area contributed by atoms with Crippen LogP contribution in [0.5, 0.6) is 5.75 Å². The van der Waals surface area contributed by atoms with Gasteiger partial charge in [0.1, 0.15) is 35.3 Å². The zero-order valence-electron chi connectivity index (χ0n) is 18.1. The fourth-order valence-corrected chi connectivity index (χ4v) is 3.62. The third-order valence-electron chi connectivity index (χ3n) is 5.32. The van der Waals surface area contributed by atoms with E-state index in [0.29, 0.717) is 44.9 Å². The van der Waals surface area contributed by atoms with E-state index in [1.807, 2.05) is 6.92 Å². The first-order valence-electron chi connectivity index (χ1n) is 9.93. The summed E-state index contributed by atoms with van der Waals surface area (Å²) in [6.45, 7) is 5.41. The van der Waals surface area contributed by atoms with Crippen molar-refractivity contribution in [2.45, 2.75) is 27.4 Å². The van der Waals surface area contributed by atoms with E-state index in [2.05, 4.69) is 0 Å². The number of fused-ring (bicyclic) bond motifs is 1. The molecule has 0 amide bonds. The molecule has 0 aliphatic carbocycles. The molecule has 4 rings (SSSR count). The summed E-state index contributed by atoms with van der Waals surface area (Å²) in [6.07, 6.45) is 0. The Kier molecular flexibility index (Phi) is 5.57. The number of ether oxygens (including phenoxy) is 2. The van der Waals surface area contributed by atoms with Crippen molar-refractivity contribution < 1.29 is 27.5 Å². The minimum Gasteiger partial charge on any atom is -0.488 e. The van der Waals surface area contributed by atoms with Crippen molar-refractivity contribution in [3.05, 3.63) is 86.9 Å². The Bertz CT molecular complexity index is 1380. The third kappa shape index (κ3) is 3.77. The van der Waals surface area contributed by atoms with E-state index in [9.17, 15) is 14.0 Å². The van der Waals surface area contributed by atoms with Gasteiger partial charge in [0.15, 0.2) is 0 Å². The number of methoxy groups -OCH3 is 1. The standard InChI is InChI=1S/C25H21FO6/c1-13-20(30-12-16-5-7-17(26)8-6-16)10-9-18-23(27)22(15(3)32-24(13)18)19-11-21(25(28)29-4)31-14(19)2/h5-11H,12H2,1-4H3. The molecule has 0 aliphatic rings. The van der Waals surface area contributed by atoms with Crippen molar-refractivity contribution in [3.8, 4) is 16.9 Å². The van der Waals surface area contributed by atoms with Crippen LogP contribution in [-0.2, 0) is 11.3 Å². The molecule has 0 N–H and O–H groups in total. The fraction of sp³-hybridized carbons (Fsp3) is 0.200. The number of halogens is 1. The van der Waals surface area contributed by atoms with Gasteiger partial charge in [0.05, 0.1) is 18.1 Å². The van der Waals surface area contributed by atoms with Gasteiger partial charge in [-0.05, 0) is 56.7 Å². The normalized spacial score (nSPS) is 11.0. The van der Waals surface area contributed by atoms with E-state index in [4.69, 9.17) is 18.3 Å². The molecular weight excluding hydrogens is 415 g/mol. The maximum Gasteiger partial charge on any atom is 0.373 e. The number of carbonyl (C=O) groups is 1. The highest BCUT2D eigenvalue weighted by Crippen LogP contribution is 2.33. The second-order valence-corrected chi connectivity index (χ2v) is 7.41. The van der Waals surface area contributed by atoms with Crippen LogP contribution in [0.3, 0.4) is 0 Å². The lowest BCUT2D eigenvalue weighted by atomic mass is 10.0. The van der Waals surface area contributed by atoms with Crippen molar-refractivity contribution in [1.82, 2.24) is 0 Å². The number of benzene rings is 2. The van der Waals surface area contributed by atoms with Crippen molar-refractivity contribution in [3.63, 3.8) is 0 Å². The Morgan fingerprint density at radius 3 is 2.41 bits per heavy atom. The number of hydrogen-bond acceptors (Lipinski definition) is 6. The summed E-state index contributed by atoms with van der Waals surface area (Å²) < 4.78 is 35.2. The first-order chi connectivity index (χ1) is 15.3. The van der Waals surface area contributed by atoms with Crippen LogP contribution < -0.4 is 10.2 Å². The Balaban J connectivity index is 1.74. The van der Waals surface area contributed by atoms with Crippen LogP contribution >= 0.6 is 0 Å². The van der Waals surface area contributed by atoms with E-state index in [1.54, 1.807) is 38.1 Å². The van der Waals surface area contributed by atoms with Crippen LogP contribution in [0.15, 0.2) is 56.1 Å². The highest BCUT2D eigenvalue weighted by molar-refractivity contribution is 5.90. The van der Waals surface area contributed by atoms with Gasteiger partial charge in [0.25, 0.3) is 0 Å². The summed E-state index contributed by atoms with van der Waals surface area (Å²) in [4.78, 5) is 25.1. The van der Waals surface area contributed by atoms with E-state index in [1.165, 1.54) is 25.3 Å². The Hall–Kier alpha value is -3.87. The van der Waals surface area contributed by atoms with Gasteiger partial charge >= 0.3 is 5.97 Å². The van der Waals surface area contributed by atoms with Crippen LogP contribution in [0.4, 0.5) is 4.39 Å². The van der Waals surface area contributed by atoms with E-state index < -0.39 is 5.97 Å². The molecule has 2 heterocycles. The smallest absolute Gasteiger partial charge is 0.373 e. The predicted octanol–water partition coefficient (Wildman–Crippen LogP) is 5.48. The van der Waals surface area contributed by atoms with Crippen LogP contribution in [0.1, 0.15) is 33.2 Å². The van der Waals surface area contributed by atoms with Crippen LogP contribution in [0, 0.1) is 26.6 Å². The highest BCUT2D eigenvalue weighted by atomic mass is 19.1. The fourth-order valence-electron chi connectivity index (χ4n) is 3.62. The molecule has 0 saturated heterocycles. The first-order valence-corrected chi connectivity index (χ1v) is 9.93. The van der Waals surface area contributed by atoms with E-state index >= 15 is 0 Å². The monoisotopic (exact) mass is 436 g/mol. The van der Waals surface area contributed by atoms with E-state index in [0.717, 1.165) is 5.56 Å². The molecule has 6 nitrogen and oxygen atoms in total. The molecule has 2 aromatic heterocycles. The molecular formula is C25H21FO6. The number of furan rings is 1. The zero-order valence-corrected chi connectivity index (χ0v) is 18.1. The van der Waals surface area contributed by atoms with Crippen LogP contribution in [0.25, 0.3) is 22.1 Å². The van der Waals surface area contributed by atoms with Crippen molar-refractivity contribution >= 4 is 16.9 Å².